The van der Waals surface area contributed by atoms with Gasteiger partial charge >= 0.3 is 0 Å². The molecule has 0 aliphatic rings. The van der Waals surface area contributed by atoms with E-state index in [1.807, 2.05) is 66.7 Å². The summed E-state index contributed by atoms with van der Waals surface area (Å²) >= 11 is 0. The third-order valence-electron chi connectivity index (χ3n) is 5.06. The van der Waals surface area contributed by atoms with Gasteiger partial charge in [-0.25, -0.2) is 4.68 Å². The van der Waals surface area contributed by atoms with Crippen molar-refractivity contribution in [2.24, 2.45) is 0 Å². The van der Waals surface area contributed by atoms with Gasteiger partial charge in [0.15, 0.2) is 0 Å². The van der Waals surface area contributed by atoms with E-state index in [0.717, 1.165) is 27.6 Å². The van der Waals surface area contributed by atoms with Crippen molar-refractivity contribution in [2.45, 2.75) is 6.54 Å². The van der Waals surface area contributed by atoms with Gasteiger partial charge in [0.25, 0.3) is 5.56 Å². The number of nitrogens with zero attached hydrogens (tertiary/aromatic N) is 2. The molecule has 0 N–H and O–H groups in total. The van der Waals surface area contributed by atoms with Crippen LogP contribution in [0.1, 0.15) is 5.56 Å². The van der Waals surface area contributed by atoms with E-state index in [1.54, 1.807) is 4.68 Å². The Bertz CT molecular complexity index is 1350. The van der Waals surface area contributed by atoms with Gasteiger partial charge in [0.2, 0.25) is 0 Å². The Balaban J connectivity index is 1.68. The summed E-state index contributed by atoms with van der Waals surface area (Å²) in [5, 5.41) is 8.68. The van der Waals surface area contributed by atoms with Crippen molar-refractivity contribution in [3.05, 3.63) is 113 Å². The first-order chi connectivity index (χ1) is 13.8. The van der Waals surface area contributed by atoms with Gasteiger partial charge in [-0.15, -0.1) is 0 Å². The second-order valence-corrected chi connectivity index (χ2v) is 6.90. The maximum Gasteiger partial charge on any atom is 0.274 e. The van der Waals surface area contributed by atoms with E-state index in [-0.39, 0.29) is 5.56 Å². The van der Waals surface area contributed by atoms with E-state index >= 15 is 0 Å². The van der Waals surface area contributed by atoms with Gasteiger partial charge in [0, 0.05) is 10.9 Å². The Labute approximate surface area is 162 Å². The van der Waals surface area contributed by atoms with E-state index < -0.39 is 0 Å². The molecule has 0 atom stereocenters. The maximum absolute atomic E-state index is 13.1. The molecule has 0 bridgehead atoms. The fourth-order valence-corrected chi connectivity index (χ4v) is 3.66. The quantitative estimate of drug-likeness (QED) is 0.438. The first-order valence-electron chi connectivity index (χ1n) is 9.32. The summed E-state index contributed by atoms with van der Waals surface area (Å²) in [5.41, 5.74) is 2.83. The molecule has 0 radical (unpaired) electrons. The predicted octanol–water partition coefficient (Wildman–Crippen LogP) is 5.27. The van der Waals surface area contributed by atoms with Crippen molar-refractivity contribution in [3.8, 4) is 11.3 Å². The van der Waals surface area contributed by atoms with Crippen molar-refractivity contribution in [3.63, 3.8) is 0 Å². The van der Waals surface area contributed by atoms with E-state index in [0.29, 0.717) is 11.9 Å². The van der Waals surface area contributed by atoms with Crippen LogP contribution in [-0.2, 0) is 6.54 Å². The lowest BCUT2D eigenvalue weighted by Crippen LogP contribution is -2.24. The van der Waals surface area contributed by atoms with E-state index in [2.05, 4.69) is 30.3 Å². The molecular formula is C25H18N2O. The van der Waals surface area contributed by atoms with Crippen LogP contribution < -0.4 is 5.56 Å². The zero-order chi connectivity index (χ0) is 18.9. The molecule has 134 valence electrons. The summed E-state index contributed by atoms with van der Waals surface area (Å²) < 4.78 is 1.58. The molecule has 1 aromatic heterocycles. The molecule has 5 rings (SSSR count). The van der Waals surface area contributed by atoms with Crippen LogP contribution in [0.2, 0.25) is 0 Å². The molecule has 28 heavy (non-hydrogen) atoms. The van der Waals surface area contributed by atoms with Crippen molar-refractivity contribution in [2.75, 3.05) is 0 Å². The van der Waals surface area contributed by atoms with Gasteiger partial charge < -0.3 is 0 Å². The standard InChI is InChI=1S/C25H18N2O/c28-25-23-13-7-6-12-22(23)24(20-9-2-1-3-10-20)26-27(25)17-18-14-15-19-8-4-5-11-21(19)16-18/h1-16H,17H2. The first kappa shape index (κ1) is 16.5. The van der Waals surface area contributed by atoms with E-state index in [1.165, 1.54) is 5.39 Å². The smallest absolute Gasteiger partial charge is 0.267 e. The highest BCUT2D eigenvalue weighted by Gasteiger charge is 2.12. The molecule has 5 aromatic rings. The van der Waals surface area contributed by atoms with Gasteiger partial charge in [-0.2, -0.15) is 5.10 Å². The molecule has 0 spiro atoms. The van der Waals surface area contributed by atoms with Crippen LogP contribution in [0.5, 0.6) is 0 Å². The molecule has 3 nitrogen and oxygen atoms in total. The third-order valence-corrected chi connectivity index (χ3v) is 5.06. The van der Waals surface area contributed by atoms with Crippen LogP contribution in [-0.4, -0.2) is 9.78 Å². The lowest BCUT2D eigenvalue weighted by Gasteiger charge is -2.12. The van der Waals surface area contributed by atoms with Crippen molar-refractivity contribution in [1.29, 1.82) is 0 Å². The summed E-state index contributed by atoms with van der Waals surface area (Å²) in [6, 6.07) is 32.2. The Morgan fingerprint density at radius 2 is 1.36 bits per heavy atom. The van der Waals surface area contributed by atoms with Crippen molar-refractivity contribution < 1.29 is 0 Å². The van der Waals surface area contributed by atoms with Crippen LogP contribution in [0.4, 0.5) is 0 Å². The lowest BCUT2D eigenvalue weighted by atomic mass is 10.0. The maximum atomic E-state index is 13.1. The molecule has 4 aromatic carbocycles. The second kappa shape index (κ2) is 6.78. The van der Waals surface area contributed by atoms with Gasteiger partial charge in [-0.3, -0.25) is 4.79 Å². The third kappa shape index (κ3) is 2.87. The van der Waals surface area contributed by atoms with Gasteiger partial charge in [0.1, 0.15) is 0 Å². The predicted molar refractivity (Wildman–Crippen MR) is 114 cm³/mol. The average molecular weight is 362 g/mol. The monoisotopic (exact) mass is 362 g/mol. The minimum Gasteiger partial charge on any atom is -0.267 e. The molecule has 3 heteroatoms. The molecule has 0 unspecified atom stereocenters. The summed E-state index contributed by atoms with van der Waals surface area (Å²) in [6.45, 7) is 0.439. The van der Waals surface area contributed by atoms with Crippen LogP contribution in [0.3, 0.4) is 0 Å². The van der Waals surface area contributed by atoms with Crippen LogP contribution in [0.25, 0.3) is 32.8 Å². The minimum absolute atomic E-state index is 0.0663. The summed E-state index contributed by atoms with van der Waals surface area (Å²) in [4.78, 5) is 13.1. The molecule has 0 aliphatic heterocycles. The van der Waals surface area contributed by atoms with Crippen molar-refractivity contribution in [1.82, 2.24) is 9.78 Å². The largest absolute Gasteiger partial charge is 0.274 e. The topological polar surface area (TPSA) is 34.9 Å². The zero-order valence-electron chi connectivity index (χ0n) is 15.2. The van der Waals surface area contributed by atoms with Crippen LogP contribution in [0, 0.1) is 0 Å². The molecule has 0 saturated heterocycles. The van der Waals surface area contributed by atoms with Gasteiger partial charge in [0.05, 0.1) is 17.6 Å². The molecule has 0 amide bonds. The number of hydrogen-bond acceptors (Lipinski definition) is 2. The first-order valence-corrected chi connectivity index (χ1v) is 9.32. The Kier molecular flexibility index (Phi) is 3.99. The highest BCUT2D eigenvalue weighted by atomic mass is 16.1. The molecule has 0 saturated carbocycles. The zero-order valence-corrected chi connectivity index (χ0v) is 15.2. The molecular weight excluding hydrogens is 344 g/mol. The van der Waals surface area contributed by atoms with Crippen LogP contribution >= 0.6 is 0 Å². The Hall–Kier alpha value is -3.72. The number of fused-ring (bicyclic) bond motifs is 2. The summed E-state index contributed by atoms with van der Waals surface area (Å²) in [6.07, 6.45) is 0. The summed E-state index contributed by atoms with van der Waals surface area (Å²) in [7, 11) is 0. The summed E-state index contributed by atoms with van der Waals surface area (Å²) in [5.74, 6) is 0. The fourth-order valence-electron chi connectivity index (χ4n) is 3.66. The average Bonchev–Trinajstić information content (AvgIpc) is 2.76. The second-order valence-electron chi connectivity index (χ2n) is 6.90. The number of benzene rings is 4. The Morgan fingerprint density at radius 3 is 2.18 bits per heavy atom. The van der Waals surface area contributed by atoms with Gasteiger partial charge in [-0.05, 0) is 28.5 Å². The van der Waals surface area contributed by atoms with Crippen LogP contribution in [0.15, 0.2) is 102 Å². The lowest BCUT2D eigenvalue weighted by molar-refractivity contribution is 0.651. The normalized spacial score (nSPS) is 11.1. The number of hydrogen-bond donors (Lipinski definition) is 0. The van der Waals surface area contributed by atoms with Crippen molar-refractivity contribution >= 4 is 21.5 Å². The minimum atomic E-state index is -0.0663. The Morgan fingerprint density at radius 1 is 0.679 bits per heavy atom. The number of rotatable bonds is 3. The van der Waals surface area contributed by atoms with E-state index in [4.69, 9.17) is 5.10 Å². The SMILES string of the molecule is O=c1c2ccccc2c(-c2ccccc2)nn1Cc1ccc2ccccc2c1. The van der Waals surface area contributed by atoms with Gasteiger partial charge in [-0.1, -0.05) is 84.9 Å². The fraction of sp³-hybridized carbons (Fsp3) is 0.0400. The highest BCUT2D eigenvalue weighted by molar-refractivity contribution is 5.93. The molecule has 0 aliphatic carbocycles. The highest BCUT2D eigenvalue weighted by Crippen LogP contribution is 2.24. The molecule has 0 fully saturated rings. The molecule has 1 heterocycles. The number of aromatic nitrogens is 2. The van der Waals surface area contributed by atoms with E-state index in [9.17, 15) is 4.79 Å².